The highest BCUT2D eigenvalue weighted by atomic mass is 16.4. The monoisotopic (exact) mass is 210 g/mol. The second kappa shape index (κ2) is 11.0. The van der Waals surface area contributed by atoms with E-state index in [9.17, 15) is 4.79 Å². The minimum absolute atomic E-state index is 0.846. The largest absolute Gasteiger partial charge is 0.478 e. The third kappa shape index (κ3) is 12.9. The summed E-state index contributed by atoms with van der Waals surface area (Å²) in [7, 11) is 0. The first kappa shape index (κ1) is 13.9. The Labute approximate surface area is 92.7 Å². The lowest BCUT2D eigenvalue weighted by molar-refractivity contribution is -0.131. The van der Waals surface area contributed by atoms with Gasteiger partial charge in [-0.2, -0.15) is 0 Å². The van der Waals surface area contributed by atoms with Crippen molar-refractivity contribution >= 4 is 5.97 Å². The van der Waals surface area contributed by atoms with Crippen molar-refractivity contribution in [3.05, 3.63) is 24.3 Å². The SMILES string of the molecule is CC=CCCCCCCCC=CC(=O)O. The van der Waals surface area contributed by atoms with Gasteiger partial charge < -0.3 is 5.11 Å². The second-order valence-electron chi connectivity index (χ2n) is 3.65. The molecule has 0 aromatic heterocycles. The lowest BCUT2D eigenvalue weighted by atomic mass is 10.1. The third-order valence-electron chi connectivity index (χ3n) is 2.24. The molecular formula is C13H22O2. The van der Waals surface area contributed by atoms with Gasteiger partial charge >= 0.3 is 5.97 Å². The van der Waals surface area contributed by atoms with Crippen LogP contribution in [0.4, 0.5) is 0 Å². The summed E-state index contributed by atoms with van der Waals surface area (Å²) in [6.45, 7) is 2.05. The summed E-state index contributed by atoms with van der Waals surface area (Å²) in [4.78, 5) is 10.1. The fourth-order valence-corrected chi connectivity index (χ4v) is 1.41. The fraction of sp³-hybridized carbons (Fsp3) is 0.615. The van der Waals surface area contributed by atoms with Crippen molar-refractivity contribution in [3.63, 3.8) is 0 Å². The third-order valence-corrected chi connectivity index (χ3v) is 2.24. The van der Waals surface area contributed by atoms with E-state index in [1.165, 1.54) is 38.2 Å². The molecule has 0 aliphatic carbocycles. The average molecular weight is 210 g/mol. The maximum Gasteiger partial charge on any atom is 0.327 e. The molecule has 15 heavy (non-hydrogen) atoms. The maximum absolute atomic E-state index is 10.1. The molecule has 0 aliphatic heterocycles. The van der Waals surface area contributed by atoms with E-state index in [1.54, 1.807) is 6.08 Å². The van der Waals surface area contributed by atoms with Gasteiger partial charge in [-0.25, -0.2) is 4.79 Å². The van der Waals surface area contributed by atoms with Gasteiger partial charge in [0.05, 0.1) is 0 Å². The van der Waals surface area contributed by atoms with Crippen molar-refractivity contribution in [1.29, 1.82) is 0 Å². The molecule has 86 valence electrons. The highest BCUT2D eigenvalue weighted by Gasteiger charge is 1.89. The van der Waals surface area contributed by atoms with Gasteiger partial charge in [0.2, 0.25) is 0 Å². The summed E-state index contributed by atoms with van der Waals surface area (Å²) in [5, 5.41) is 8.34. The highest BCUT2D eigenvalue weighted by molar-refractivity contribution is 5.79. The maximum atomic E-state index is 10.1. The van der Waals surface area contributed by atoms with Crippen LogP contribution in [-0.4, -0.2) is 11.1 Å². The molecule has 0 aliphatic rings. The summed E-state index contributed by atoms with van der Waals surface area (Å²) in [5.41, 5.74) is 0. The number of hydrogen-bond acceptors (Lipinski definition) is 1. The molecule has 2 nitrogen and oxygen atoms in total. The predicted molar refractivity (Wildman–Crippen MR) is 63.9 cm³/mol. The molecule has 0 radical (unpaired) electrons. The molecule has 0 rings (SSSR count). The highest BCUT2D eigenvalue weighted by Crippen LogP contribution is 2.07. The van der Waals surface area contributed by atoms with E-state index in [4.69, 9.17) is 5.11 Å². The number of carboxylic acid groups (broad SMARTS) is 1. The summed E-state index contributed by atoms with van der Waals surface area (Å²) in [5.74, 6) is -0.846. The summed E-state index contributed by atoms with van der Waals surface area (Å²) >= 11 is 0. The average Bonchev–Trinajstić information content (AvgIpc) is 2.20. The van der Waals surface area contributed by atoms with Crippen LogP contribution in [-0.2, 0) is 4.79 Å². The molecule has 0 aromatic rings. The van der Waals surface area contributed by atoms with E-state index in [2.05, 4.69) is 19.1 Å². The standard InChI is InChI=1S/C13H22O2/c1-2-3-4-5-6-7-8-9-10-11-12-13(14)15/h2-3,11-12H,4-10H2,1H3,(H,14,15). The molecule has 0 spiro atoms. The zero-order valence-corrected chi connectivity index (χ0v) is 9.61. The number of rotatable bonds is 9. The number of carbonyl (C=O) groups is 1. The first-order valence-electron chi connectivity index (χ1n) is 5.78. The minimum atomic E-state index is -0.846. The van der Waals surface area contributed by atoms with Crippen LogP contribution in [0.1, 0.15) is 51.9 Å². The van der Waals surface area contributed by atoms with Crippen molar-refractivity contribution in [1.82, 2.24) is 0 Å². The van der Waals surface area contributed by atoms with Gasteiger partial charge in [-0.1, -0.05) is 37.5 Å². The van der Waals surface area contributed by atoms with E-state index in [0.29, 0.717) is 0 Å². The molecule has 0 fully saturated rings. The Kier molecular flexibility index (Phi) is 10.3. The van der Waals surface area contributed by atoms with E-state index >= 15 is 0 Å². The van der Waals surface area contributed by atoms with Crippen LogP contribution in [0.5, 0.6) is 0 Å². The topological polar surface area (TPSA) is 37.3 Å². The molecule has 0 saturated carbocycles. The van der Waals surface area contributed by atoms with Crippen LogP contribution in [0, 0.1) is 0 Å². The lowest BCUT2D eigenvalue weighted by Crippen LogP contribution is -1.85. The normalized spacial score (nSPS) is 11.5. The van der Waals surface area contributed by atoms with Crippen LogP contribution in [0.3, 0.4) is 0 Å². The molecule has 0 heterocycles. The Morgan fingerprint density at radius 2 is 1.53 bits per heavy atom. The zero-order valence-electron chi connectivity index (χ0n) is 9.61. The van der Waals surface area contributed by atoms with Gasteiger partial charge in [-0.3, -0.25) is 0 Å². The molecule has 0 bridgehead atoms. The Balaban J connectivity index is 3.08. The van der Waals surface area contributed by atoms with E-state index in [1.807, 2.05) is 0 Å². The Morgan fingerprint density at radius 1 is 1.00 bits per heavy atom. The number of carboxylic acids is 1. The molecule has 0 atom stereocenters. The lowest BCUT2D eigenvalue weighted by Gasteiger charge is -1.97. The van der Waals surface area contributed by atoms with Crippen molar-refractivity contribution in [2.24, 2.45) is 0 Å². The number of aliphatic carboxylic acids is 1. The first-order chi connectivity index (χ1) is 7.27. The number of allylic oxidation sites excluding steroid dienone is 3. The van der Waals surface area contributed by atoms with Gasteiger partial charge in [0.25, 0.3) is 0 Å². The molecule has 1 N–H and O–H groups in total. The Hall–Kier alpha value is -1.05. The quantitative estimate of drug-likeness (QED) is 0.355. The molecule has 0 unspecified atom stereocenters. The second-order valence-corrected chi connectivity index (χ2v) is 3.65. The van der Waals surface area contributed by atoms with Gasteiger partial charge in [0.1, 0.15) is 0 Å². The fourth-order valence-electron chi connectivity index (χ4n) is 1.41. The van der Waals surface area contributed by atoms with Crippen LogP contribution in [0.2, 0.25) is 0 Å². The van der Waals surface area contributed by atoms with Crippen molar-refractivity contribution in [2.45, 2.75) is 51.9 Å². The van der Waals surface area contributed by atoms with Gasteiger partial charge in [0, 0.05) is 6.08 Å². The zero-order chi connectivity index (χ0) is 11.4. The van der Waals surface area contributed by atoms with Crippen molar-refractivity contribution < 1.29 is 9.90 Å². The van der Waals surface area contributed by atoms with Gasteiger partial charge in [0.15, 0.2) is 0 Å². The Morgan fingerprint density at radius 3 is 2.07 bits per heavy atom. The number of hydrogen-bond donors (Lipinski definition) is 1. The Bertz CT molecular complexity index is 205. The summed E-state index contributed by atoms with van der Waals surface area (Å²) in [6, 6.07) is 0. The molecule has 0 amide bonds. The predicted octanol–water partition coefficient (Wildman–Crippen LogP) is 3.93. The molecule has 0 aromatic carbocycles. The van der Waals surface area contributed by atoms with Crippen molar-refractivity contribution in [2.75, 3.05) is 0 Å². The van der Waals surface area contributed by atoms with Crippen LogP contribution < -0.4 is 0 Å². The van der Waals surface area contributed by atoms with Crippen molar-refractivity contribution in [3.8, 4) is 0 Å². The number of unbranched alkanes of at least 4 members (excludes halogenated alkanes) is 6. The summed E-state index contributed by atoms with van der Waals surface area (Å²) < 4.78 is 0. The first-order valence-corrected chi connectivity index (χ1v) is 5.78. The minimum Gasteiger partial charge on any atom is -0.478 e. The smallest absolute Gasteiger partial charge is 0.327 e. The van der Waals surface area contributed by atoms with E-state index in [0.717, 1.165) is 12.8 Å². The van der Waals surface area contributed by atoms with E-state index in [-0.39, 0.29) is 0 Å². The van der Waals surface area contributed by atoms with Gasteiger partial charge in [-0.15, -0.1) is 0 Å². The van der Waals surface area contributed by atoms with Gasteiger partial charge in [-0.05, 0) is 32.6 Å². The van der Waals surface area contributed by atoms with Crippen LogP contribution in [0.15, 0.2) is 24.3 Å². The molecular weight excluding hydrogens is 188 g/mol. The molecule has 0 saturated heterocycles. The van der Waals surface area contributed by atoms with Crippen LogP contribution in [0.25, 0.3) is 0 Å². The van der Waals surface area contributed by atoms with Crippen LogP contribution >= 0.6 is 0 Å². The summed E-state index contributed by atoms with van der Waals surface area (Å²) in [6.07, 6.45) is 15.5. The molecule has 2 heteroatoms. The van der Waals surface area contributed by atoms with E-state index < -0.39 is 5.97 Å².